The first-order valence-corrected chi connectivity index (χ1v) is 14.4. The van der Waals surface area contributed by atoms with Gasteiger partial charge in [0.05, 0.1) is 29.0 Å². The Bertz CT molecular complexity index is 1550. The van der Waals surface area contributed by atoms with Gasteiger partial charge in [-0.3, -0.25) is 4.90 Å². The zero-order valence-electron chi connectivity index (χ0n) is 24.1. The first-order valence-electron chi connectivity index (χ1n) is 14.1. The van der Waals surface area contributed by atoms with E-state index in [1.165, 1.54) is 6.07 Å². The smallest absolute Gasteiger partial charge is 0.227 e. The fraction of sp³-hybridized carbons (Fsp3) is 0.433. The maximum atomic E-state index is 15.1. The van der Waals surface area contributed by atoms with E-state index >= 15 is 8.78 Å². The van der Waals surface area contributed by atoms with E-state index in [-0.39, 0.29) is 23.2 Å². The number of ether oxygens (including phenoxy) is 1. The molecule has 0 unspecified atom stereocenters. The first kappa shape index (κ1) is 29.2. The number of imidazole rings is 1. The molecule has 0 spiro atoms. The molecule has 0 radical (unpaired) electrons. The predicted octanol–water partition coefficient (Wildman–Crippen LogP) is 6.59. The third-order valence-corrected chi connectivity index (χ3v) is 7.77. The van der Waals surface area contributed by atoms with Crippen molar-refractivity contribution in [1.82, 2.24) is 29.3 Å². The molecule has 8 nitrogen and oxygen atoms in total. The third kappa shape index (κ3) is 6.14. The largest absolute Gasteiger partial charge is 0.493 e. The van der Waals surface area contributed by atoms with Gasteiger partial charge in [0.15, 0.2) is 11.6 Å². The van der Waals surface area contributed by atoms with Crippen LogP contribution in [0, 0.1) is 18.6 Å². The van der Waals surface area contributed by atoms with Gasteiger partial charge in [-0.05, 0) is 52.4 Å². The summed E-state index contributed by atoms with van der Waals surface area (Å²) in [6.07, 6.45) is 1.07. The van der Waals surface area contributed by atoms with E-state index in [4.69, 9.17) is 16.3 Å². The molecule has 2 aromatic carbocycles. The molecule has 1 aliphatic rings. The highest BCUT2D eigenvalue weighted by Crippen LogP contribution is 2.35. The molecule has 3 heterocycles. The van der Waals surface area contributed by atoms with Crippen LogP contribution < -0.4 is 10.1 Å². The number of anilines is 2. The second-order valence-corrected chi connectivity index (χ2v) is 11.0. The SMILES string of the molecule is CCOc1cc(Nc2ncc(F)c(-c3cc(F)c4nc(C)n(C(C)C)c4c3)n2)c(Cl)cc1CN1CCN(CC)CC1. The minimum atomic E-state index is -0.666. The molecule has 11 heteroatoms. The molecule has 1 saturated heterocycles. The number of aromatic nitrogens is 4. The Morgan fingerprint density at radius 1 is 1.00 bits per heavy atom. The topological polar surface area (TPSA) is 71.3 Å². The van der Waals surface area contributed by atoms with E-state index in [2.05, 4.69) is 37.0 Å². The maximum Gasteiger partial charge on any atom is 0.227 e. The van der Waals surface area contributed by atoms with Crippen LogP contribution in [0.25, 0.3) is 22.3 Å². The summed E-state index contributed by atoms with van der Waals surface area (Å²) < 4.78 is 38.0. The number of halogens is 3. The summed E-state index contributed by atoms with van der Waals surface area (Å²) in [6, 6.07) is 6.73. The Morgan fingerprint density at radius 3 is 2.41 bits per heavy atom. The average Bonchev–Trinajstić information content (AvgIpc) is 3.29. The normalized spacial score (nSPS) is 14.8. The van der Waals surface area contributed by atoms with Crippen LogP contribution in [0.15, 0.2) is 30.5 Å². The molecule has 218 valence electrons. The van der Waals surface area contributed by atoms with Crippen molar-refractivity contribution in [3.8, 4) is 17.0 Å². The van der Waals surface area contributed by atoms with Gasteiger partial charge in [0.2, 0.25) is 5.95 Å². The fourth-order valence-corrected chi connectivity index (χ4v) is 5.65. The quantitative estimate of drug-likeness (QED) is 0.238. The summed E-state index contributed by atoms with van der Waals surface area (Å²) >= 11 is 6.70. The van der Waals surface area contributed by atoms with Crippen molar-refractivity contribution in [1.29, 1.82) is 0 Å². The fourth-order valence-electron chi connectivity index (χ4n) is 5.42. The van der Waals surface area contributed by atoms with Crippen LogP contribution >= 0.6 is 11.6 Å². The highest BCUT2D eigenvalue weighted by molar-refractivity contribution is 6.33. The van der Waals surface area contributed by atoms with Crippen molar-refractivity contribution < 1.29 is 13.5 Å². The summed E-state index contributed by atoms with van der Waals surface area (Å²) in [5, 5.41) is 3.57. The van der Waals surface area contributed by atoms with E-state index in [1.54, 1.807) is 6.07 Å². The summed E-state index contributed by atoms with van der Waals surface area (Å²) in [4.78, 5) is 17.7. The zero-order chi connectivity index (χ0) is 29.3. The lowest BCUT2D eigenvalue weighted by Gasteiger charge is -2.34. The van der Waals surface area contributed by atoms with Crippen molar-refractivity contribution in [3.63, 3.8) is 0 Å². The van der Waals surface area contributed by atoms with Gasteiger partial charge in [-0.2, -0.15) is 0 Å². The Labute approximate surface area is 244 Å². The lowest BCUT2D eigenvalue weighted by molar-refractivity contribution is 0.131. The molecule has 2 aromatic heterocycles. The van der Waals surface area contributed by atoms with Crippen LogP contribution in [-0.4, -0.2) is 68.6 Å². The first-order chi connectivity index (χ1) is 19.7. The number of aryl methyl sites for hydroxylation is 1. The Kier molecular flexibility index (Phi) is 8.72. The van der Waals surface area contributed by atoms with E-state index in [0.29, 0.717) is 40.0 Å². The molecule has 0 amide bonds. The van der Waals surface area contributed by atoms with Crippen LogP contribution in [0.2, 0.25) is 5.02 Å². The maximum absolute atomic E-state index is 15.1. The van der Waals surface area contributed by atoms with Crippen molar-refractivity contribution in [2.24, 2.45) is 0 Å². The number of nitrogens with zero attached hydrogens (tertiary/aromatic N) is 6. The molecule has 0 bridgehead atoms. The number of rotatable bonds is 9. The van der Waals surface area contributed by atoms with Gasteiger partial charge in [-0.15, -0.1) is 0 Å². The highest BCUT2D eigenvalue weighted by atomic mass is 35.5. The average molecular weight is 584 g/mol. The van der Waals surface area contributed by atoms with Crippen LogP contribution in [0.1, 0.15) is 45.1 Å². The summed E-state index contributed by atoms with van der Waals surface area (Å²) in [6.45, 7) is 16.2. The lowest BCUT2D eigenvalue weighted by Crippen LogP contribution is -2.45. The molecular weight excluding hydrogens is 548 g/mol. The van der Waals surface area contributed by atoms with Crippen LogP contribution in [0.5, 0.6) is 5.75 Å². The van der Waals surface area contributed by atoms with Gasteiger partial charge >= 0.3 is 0 Å². The Morgan fingerprint density at radius 2 is 1.73 bits per heavy atom. The number of hydrogen-bond donors (Lipinski definition) is 1. The van der Waals surface area contributed by atoms with Crippen molar-refractivity contribution in [3.05, 3.63) is 58.5 Å². The lowest BCUT2D eigenvalue weighted by atomic mass is 10.1. The second kappa shape index (κ2) is 12.3. The zero-order valence-corrected chi connectivity index (χ0v) is 24.9. The Hall–Kier alpha value is -3.34. The van der Waals surface area contributed by atoms with Gasteiger partial charge in [0, 0.05) is 56.0 Å². The van der Waals surface area contributed by atoms with Crippen LogP contribution in [0.4, 0.5) is 20.4 Å². The number of piperazine rings is 1. The van der Waals surface area contributed by atoms with Gasteiger partial charge in [-0.1, -0.05) is 18.5 Å². The van der Waals surface area contributed by atoms with Crippen molar-refractivity contribution >= 4 is 34.3 Å². The number of likely N-dealkylation sites (N-methyl/N-ethyl adjacent to an activating group) is 1. The summed E-state index contributed by atoms with van der Waals surface area (Å²) in [7, 11) is 0. The molecule has 41 heavy (non-hydrogen) atoms. The van der Waals surface area contributed by atoms with Crippen molar-refractivity contribution in [2.75, 3.05) is 44.6 Å². The summed E-state index contributed by atoms with van der Waals surface area (Å²) in [5.41, 5.74) is 2.61. The minimum absolute atomic E-state index is 0.0264. The van der Waals surface area contributed by atoms with Crippen molar-refractivity contribution in [2.45, 2.75) is 47.2 Å². The summed E-state index contributed by atoms with van der Waals surface area (Å²) in [5.74, 6) is 0.320. The molecule has 1 fully saturated rings. The minimum Gasteiger partial charge on any atom is -0.493 e. The molecule has 1 aliphatic heterocycles. The van der Waals surface area contributed by atoms with Gasteiger partial charge in [0.25, 0.3) is 0 Å². The van der Waals surface area contributed by atoms with E-state index in [1.807, 2.05) is 44.4 Å². The van der Waals surface area contributed by atoms with E-state index < -0.39 is 11.6 Å². The van der Waals surface area contributed by atoms with E-state index in [9.17, 15) is 0 Å². The molecule has 1 N–H and O–H groups in total. The number of benzene rings is 2. The van der Waals surface area contributed by atoms with Gasteiger partial charge in [0.1, 0.15) is 22.8 Å². The Balaban J connectivity index is 1.44. The number of fused-ring (bicyclic) bond motifs is 1. The molecule has 0 atom stereocenters. The van der Waals surface area contributed by atoms with Gasteiger partial charge in [-0.25, -0.2) is 23.7 Å². The molecule has 0 aliphatic carbocycles. The van der Waals surface area contributed by atoms with Crippen LogP contribution in [-0.2, 0) is 6.54 Å². The number of hydrogen-bond acceptors (Lipinski definition) is 7. The monoisotopic (exact) mass is 583 g/mol. The molecule has 0 saturated carbocycles. The number of nitrogens with one attached hydrogen (secondary N) is 1. The highest BCUT2D eigenvalue weighted by Gasteiger charge is 2.21. The van der Waals surface area contributed by atoms with Gasteiger partial charge < -0.3 is 19.5 Å². The second-order valence-electron chi connectivity index (χ2n) is 10.5. The molecule has 5 rings (SSSR count). The molecule has 4 aromatic rings. The third-order valence-electron chi connectivity index (χ3n) is 7.46. The standard InChI is InChI=1S/C30H36ClF2N7O/c1-6-38-8-10-39(11-9-38)17-21-12-22(31)25(15-27(21)41-7-2)36-30-34-16-24(33)28(37-30)20-13-23(32)29-26(14-20)40(18(3)4)19(5)35-29/h12-16,18H,6-11,17H2,1-5H3,(H,34,36,37). The van der Waals surface area contributed by atoms with E-state index in [0.717, 1.165) is 51.0 Å². The predicted molar refractivity (Wildman–Crippen MR) is 159 cm³/mol. The molecular formula is C30H36ClF2N7O. The van der Waals surface area contributed by atoms with Crippen LogP contribution in [0.3, 0.4) is 0 Å².